The van der Waals surface area contributed by atoms with Gasteiger partial charge in [0.1, 0.15) is 6.04 Å². The number of aryl methyl sites for hydroxylation is 1. The summed E-state index contributed by atoms with van der Waals surface area (Å²) in [7, 11) is 0. The Bertz CT molecular complexity index is 775. The normalized spacial score (nSPS) is 16.5. The SMILES string of the molecule is O=C(O)C1Cc2ccccc2CN1C(=O)CCc1ccccc1Br. The first-order valence-corrected chi connectivity index (χ1v) is 8.68. The molecule has 2 aromatic rings. The molecule has 5 heteroatoms. The lowest BCUT2D eigenvalue weighted by Crippen LogP contribution is -2.48. The van der Waals surface area contributed by atoms with E-state index in [0.717, 1.165) is 21.2 Å². The molecular formula is C19H18BrNO3. The molecule has 24 heavy (non-hydrogen) atoms. The fraction of sp³-hybridized carbons (Fsp3) is 0.263. The van der Waals surface area contributed by atoms with Crippen molar-refractivity contribution < 1.29 is 14.7 Å². The van der Waals surface area contributed by atoms with Gasteiger partial charge in [-0.15, -0.1) is 0 Å². The van der Waals surface area contributed by atoms with E-state index in [9.17, 15) is 14.7 Å². The van der Waals surface area contributed by atoms with Gasteiger partial charge in [0.15, 0.2) is 0 Å². The highest BCUT2D eigenvalue weighted by Gasteiger charge is 2.34. The van der Waals surface area contributed by atoms with Crippen molar-refractivity contribution >= 4 is 27.8 Å². The summed E-state index contributed by atoms with van der Waals surface area (Å²) in [4.78, 5) is 25.8. The van der Waals surface area contributed by atoms with E-state index in [1.165, 1.54) is 4.90 Å². The molecule has 1 atom stereocenters. The summed E-state index contributed by atoms with van der Waals surface area (Å²) in [6.45, 7) is 0.363. The fourth-order valence-corrected chi connectivity index (χ4v) is 3.58. The highest BCUT2D eigenvalue weighted by Crippen LogP contribution is 2.25. The summed E-state index contributed by atoms with van der Waals surface area (Å²) < 4.78 is 0.969. The van der Waals surface area contributed by atoms with Gasteiger partial charge in [0.2, 0.25) is 5.91 Å². The lowest BCUT2D eigenvalue weighted by molar-refractivity contribution is -0.151. The van der Waals surface area contributed by atoms with Crippen LogP contribution in [0.3, 0.4) is 0 Å². The summed E-state index contributed by atoms with van der Waals surface area (Å²) in [5.74, 6) is -1.06. The average Bonchev–Trinajstić information content (AvgIpc) is 2.59. The number of amides is 1. The van der Waals surface area contributed by atoms with Crippen LogP contribution in [0.4, 0.5) is 0 Å². The molecule has 0 radical (unpaired) electrons. The number of carbonyl (C=O) groups excluding carboxylic acids is 1. The molecule has 0 aromatic heterocycles. The van der Waals surface area contributed by atoms with Gasteiger partial charge in [0, 0.05) is 23.9 Å². The van der Waals surface area contributed by atoms with Crippen LogP contribution < -0.4 is 0 Å². The standard InChI is InChI=1S/C19H18BrNO3/c20-16-8-4-3-5-13(16)9-10-18(22)21-12-15-7-2-1-6-14(15)11-17(21)19(23)24/h1-8,17H,9-12H2,(H,23,24). The third-order valence-electron chi connectivity index (χ3n) is 4.42. The van der Waals surface area contributed by atoms with E-state index in [0.29, 0.717) is 25.8 Å². The van der Waals surface area contributed by atoms with E-state index >= 15 is 0 Å². The number of rotatable bonds is 4. The maximum atomic E-state index is 12.7. The number of fused-ring (bicyclic) bond motifs is 1. The summed E-state index contributed by atoms with van der Waals surface area (Å²) in [5, 5.41) is 9.51. The Kier molecular flexibility index (Phi) is 5.00. The van der Waals surface area contributed by atoms with Gasteiger partial charge in [0.25, 0.3) is 0 Å². The smallest absolute Gasteiger partial charge is 0.326 e. The van der Waals surface area contributed by atoms with Gasteiger partial charge in [-0.25, -0.2) is 4.79 Å². The maximum Gasteiger partial charge on any atom is 0.326 e. The zero-order chi connectivity index (χ0) is 17.1. The predicted molar refractivity (Wildman–Crippen MR) is 94.6 cm³/mol. The molecule has 1 aliphatic rings. The molecule has 0 saturated heterocycles. The number of aliphatic carboxylic acids is 1. The van der Waals surface area contributed by atoms with Crippen LogP contribution in [0.15, 0.2) is 53.0 Å². The molecule has 0 saturated carbocycles. The van der Waals surface area contributed by atoms with Crippen LogP contribution in [0.25, 0.3) is 0 Å². The zero-order valence-corrected chi connectivity index (χ0v) is 14.7. The van der Waals surface area contributed by atoms with E-state index in [1.807, 2.05) is 48.5 Å². The predicted octanol–water partition coefficient (Wildman–Crippen LogP) is 3.42. The van der Waals surface area contributed by atoms with Crippen LogP contribution in [0, 0.1) is 0 Å². The summed E-state index contributed by atoms with van der Waals surface area (Å²) >= 11 is 3.48. The van der Waals surface area contributed by atoms with Crippen LogP contribution >= 0.6 is 15.9 Å². The lowest BCUT2D eigenvalue weighted by Gasteiger charge is -2.34. The zero-order valence-electron chi connectivity index (χ0n) is 13.1. The molecule has 1 N–H and O–H groups in total. The molecule has 0 aliphatic carbocycles. The minimum atomic E-state index is -0.946. The average molecular weight is 388 g/mol. The van der Waals surface area contributed by atoms with E-state index in [-0.39, 0.29) is 5.91 Å². The van der Waals surface area contributed by atoms with Gasteiger partial charge in [-0.2, -0.15) is 0 Å². The van der Waals surface area contributed by atoms with E-state index < -0.39 is 12.0 Å². The van der Waals surface area contributed by atoms with Crippen molar-refractivity contribution in [1.29, 1.82) is 0 Å². The third-order valence-corrected chi connectivity index (χ3v) is 5.19. The van der Waals surface area contributed by atoms with Crippen LogP contribution in [0.1, 0.15) is 23.1 Å². The molecule has 0 spiro atoms. The van der Waals surface area contributed by atoms with E-state index in [2.05, 4.69) is 15.9 Å². The number of hydrogen-bond donors (Lipinski definition) is 1. The Morgan fingerprint density at radius 3 is 2.46 bits per heavy atom. The first kappa shape index (κ1) is 16.7. The molecule has 2 aromatic carbocycles. The lowest BCUT2D eigenvalue weighted by atomic mass is 9.93. The van der Waals surface area contributed by atoms with E-state index in [4.69, 9.17) is 0 Å². The van der Waals surface area contributed by atoms with Crippen molar-refractivity contribution in [2.45, 2.75) is 31.8 Å². The number of carboxylic acids is 1. The van der Waals surface area contributed by atoms with Crippen molar-refractivity contribution in [1.82, 2.24) is 4.90 Å². The second kappa shape index (κ2) is 7.18. The number of benzene rings is 2. The van der Waals surface area contributed by atoms with Gasteiger partial charge < -0.3 is 10.0 Å². The summed E-state index contributed by atoms with van der Waals surface area (Å²) in [6, 6.07) is 14.7. The molecule has 1 aliphatic heterocycles. The van der Waals surface area contributed by atoms with Crippen LogP contribution in [0.2, 0.25) is 0 Å². The second-order valence-corrected chi connectivity index (χ2v) is 6.79. The van der Waals surface area contributed by atoms with Crippen molar-refractivity contribution in [3.63, 3.8) is 0 Å². The summed E-state index contributed by atoms with van der Waals surface area (Å²) in [5.41, 5.74) is 3.10. The molecule has 0 bridgehead atoms. The fourth-order valence-electron chi connectivity index (χ4n) is 3.09. The highest BCUT2D eigenvalue weighted by atomic mass is 79.9. The molecule has 4 nitrogen and oxygen atoms in total. The van der Waals surface area contributed by atoms with Gasteiger partial charge in [-0.1, -0.05) is 58.4 Å². The molecule has 3 rings (SSSR count). The largest absolute Gasteiger partial charge is 0.480 e. The molecule has 124 valence electrons. The van der Waals surface area contributed by atoms with Gasteiger partial charge in [-0.3, -0.25) is 4.79 Å². The van der Waals surface area contributed by atoms with Crippen LogP contribution in [-0.4, -0.2) is 27.9 Å². The molecule has 0 fully saturated rings. The Hall–Kier alpha value is -2.14. The van der Waals surface area contributed by atoms with Crippen molar-refractivity contribution in [2.75, 3.05) is 0 Å². The maximum absolute atomic E-state index is 12.7. The Labute approximate surface area is 149 Å². The number of hydrogen-bond acceptors (Lipinski definition) is 2. The first-order chi connectivity index (χ1) is 11.6. The minimum Gasteiger partial charge on any atom is -0.480 e. The number of nitrogens with zero attached hydrogens (tertiary/aromatic N) is 1. The van der Waals surface area contributed by atoms with Gasteiger partial charge in [-0.05, 0) is 29.2 Å². The number of carboxylic acid groups (broad SMARTS) is 1. The first-order valence-electron chi connectivity index (χ1n) is 7.88. The number of halogens is 1. The minimum absolute atomic E-state index is 0.118. The molecular weight excluding hydrogens is 370 g/mol. The Morgan fingerprint density at radius 1 is 1.08 bits per heavy atom. The highest BCUT2D eigenvalue weighted by molar-refractivity contribution is 9.10. The molecule has 1 amide bonds. The molecule has 1 unspecified atom stereocenters. The number of carbonyl (C=O) groups is 2. The molecule has 1 heterocycles. The second-order valence-electron chi connectivity index (χ2n) is 5.94. The Balaban J connectivity index is 1.75. The Morgan fingerprint density at radius 2 is 1.75 bits per heavy atom. The topological polar surface area (TPSA) is 57.6 Å². The van der Waals surface area contributed by atoms with E-state index in [1.54, 1.807) is 0 Å². The van der Waals surface area contributed by atoms with Crippen LogP contribution in [0.5, 0.6) is 0 Å². The monoisotopic (exact) mass is 387 g/mol. The van der Waals surface area contributed by atoms with Crippen LogP contribution in [-0.2, 0) is 29.0 Å². The summed E-state index contributed by atoms with van der Waals surface area (Å²) in [6.07, 6.45) is 1.26. The van der Waals surface area contributed by atoms with Crippen molar-refractivity contribution in [2.24, 2.45) is 0 Å². The van der Waals surface area contributed by atoms with Crippen molar-refractivity contribution in [3.05, 3.63) is 69.7 Å². The van der Waals surface area contributed by atoms with Crippen molar-refractivity contribution in [3.8, 4) is 0 Å². The van der Waals surface area contributed by atoms with Gasteiger partial charge in [0.05, 0.1) is 0 Å². The quantitative estimate of drug-likeness (QED) is 0.873. The third kappa shape index (κ3) is 3.51. The van der Waals surface area contributed by atoms with Gasteiger partial charge >= 0.3 is 5.97 Å².